The van der Waals surface area contributed by atoms with Crippen LogP contribution in [0, 0.1) is 17.2 Å². The van der Waals surface area contributed by atoms with E-state index in [4.69, 9.17) is 16.9 Å². The number of rotatable bonds is 4. The Morgan fingerprint density at radius 1 is 1.29 bits per heavy atom. The van der Waals surface area contributed by atoms with Gasteiger partial charge in [-0.1, -0.05) is 43.6 Å². The first-order chi connectivity index (χ1) is 10.0. The summed E-state index contributed by atoms with van der Waals surface area (Å²) in [5.41, 5.74) is 1.15. The van der Waals surface area contributed by atoms with Gasteiger partial charge in [0.1, 0.15) is 6.07 Å². The molecule has 1 aromatic heterocycles. The molecule has 0 atom stereocenters. The lowest BCUT2D eigenvalue weighted by Crippen LogP contribution is -2.08. The fraction of sp³-hybridized carbons (Fsp3) is 0.176. The molecule has 0 fully saturated rings. The topological polar surface area (TPSA) is 40.9 Å². The van der Waals surface area contributed by atoms with Gasteiger partial charge in [-0.2, -0.15) is 5.26 Å². The number of benzene rings is 1. The second-order valence-corrected chi connectivity index (χ2v) is 6.39. The highest BCUT2D eigenvalue weighted by atomic mass is 35.5. The van der Waals surface area contributed by atoms with Crippen molar-refractivity contribution in [3.63, 3.8) is 0 Å². The van der Waals surface area contributed by atoms with Gasteiger partial charge in [0.2, 0.25) is 0 Å². The monoisotopic (exact) mass is 315 g/mol. The number of thiophene rings is 1. The normalized spacial score (nSPS) is 11.5. The summed E-state index contributed by atoms with van der Waals surface area (Å²) in [4.78, 5) is 13.8. The molecule has 0 aliphatic carbocycles. The van der Waals surface area contributed by atoms with Crippen LogP contribution in [-0.4, -0.2) is 5.78 Å². The molecule has 2 rings (SSSR count). The largest absolute Gasteiger partial charge is 0.293 e. The van der Waals surface area contributed by atoms with E-state index in [0.29, 0.717) is 5.02 Å². The molecule has 0 aliphatic rings. The summed E-state index contributed by atoms with van der Waals surface area (Å²) in [5.74, 6) is -0.316. The van der Waals surface area contributed by atoms with Gasteiger partial charge in [-0.15, -0.1) is 11.3 Å². The molecule has 2 aromatic rings. The number of ketones is 1. The molecule has 0 radical (unpaired) electrons. The summed E-state index contributed by atoms with van der Waals surface area (Å²) in [6, 6.07) is 13.4. The summed E-state index contributed by atoms with van der Waals surface area (Å²) in [6.07, 6.45) is 1.65. The predicted molar refractivity (Wildman–Crippen MR) is 88.2 cm³/mol. The zero-order valence-electron chi connectivity index (χ0n) is 11.8. The third-order valence-electron chi connectivity index (χ3n) is 2.96. The van der Waals surface area contributed by atoms with Crippen molar-refractivity contribution in [2.24, 2.45) is 5.92 Å². The van der Waals surface area contributed by atoms with Gasteiger partial charge in [-0.3, -0.25) is 4.79 Å². The van der Waals surface area contributed by atoms with Gasteiger partial charge in [-0.05, 0) is 24.3 Å². The van der Waals surface area contributed by atoms with Crippen molar-refractivity contribution in [2.75, 3.05) is 0 Å². The van der Waals surface area contributed by atoms with Crippen LogP contribution in [0.15, 0.2) is 42.0 Å². The van der Waals surface area contributed by atoms with E-state index in [1.807, 2.05) is 42.5 Å². The second kappa shape index (κ2) is 6.71. The van der Waals surface area contributed by atoms with Crippen LogP contribution in [0.3, 0.4) is 0 Å². The Morgan fingerprint density at radius 2 is 2.00 bits per heavy atom. The van der Waals surface area contributed by atoms with Crippen molar-refractivity contribution < 1.29 is 4.79 Å². The maximum atomic E-state index is 11.9. The number of halogens is 1. The lowest BCUT2D eigenvalue weighted by Gasteiger charge is -2.01. The standard InChI is InChI=1S/C17H14ClNOS/c1-11(2)17(20)12(10-19)9-13-7-8-16(21-13)14-5-3-4-6-15(14)18/h3-9,11H,1-2H3/b12-9-. The molecular weight excluding hydrogens is 302 g/mol. The minimum absolute atomic E-state index is 0.134. The number of Topliss-reactive ketones (excluding diaryl/α,β-unsaturated/α-hetero) is 1. The van der Waals surface area contributed by atoms with E-state index < -0.39 is 0 Å². The molecule has 1 heterocycles. The first-order valence-electron chi connectivity index (χ1n) is 6.53. The van der Waals surface area contributed by atoms with Crippen LogP contribution in [0.2, 0.25) is 5.02 Å². The number of hydrogen-bond donors (Lipinski definition) is 0. The summed E-state index contributed by atoms with van der Waals surface area (Å²) in [7, 11) is 0. The molecule has 0 aliphatic heterocycles. The van der Waals surface area contributed by atoms with Crippen LogP contribution in [-0.2, 0) is 4.79 Å². The molecule has 0 saturated heterocycles. The third-order valence-corrected chi connectivity index (χ3v) is 4.36. The summed E-state index contributed by atoms with van der Waals surface area (Å²) in [6.45, 7) is 3.58. The van der Waals surface area contributed by atoms with Gasteiger partial charge in [0, 0.05) is 26.3 Å². The van der Waals surface area contributed by atoms with Crippen molar-refractivity contribution in [3.05, 3.63) is 51.9 Å². The Bertz CT molecular complexity index is 737. The Labute approximate surface area is 133 Å². The Kier molecular flexibility index (Phi) is 4.95. The Hall–Kier alpha value is -1.89. The smallest absolute Gasteiger partial charge is 0.175 e. The molecule has 0 bridgehead atoms. The number of nitriles is 1. The zero-order valence-corrected chi connectivity index (χ0v) is 13.3. The van der Waals surface area contributed by atoms with Crippen molar-refractivity contribution in [2.45, 2.75) is 13.8 Å². The van der Waals surface area contributed by atoms with E-state index in [-0.39, 0.29) is 17.3 Å². The maximum absolute atomic E-state index is 11.9. The van der Waals surface area contributed by atoms with Gasteiger partial charge in [0.05, 0.1) is 5.57 Å². The van der Waals surface area contributed by atoms with Crippen molar-refractivity contribution in [3.8, 4) is 16.5 Å². The summed E-state index contributed by atoms with van der Waals surface area (Å²) < 4.78 is 0. The fourth-order valence-corrected chi connectivity index (χ4v) is 3.13. The zero-order chi connectivity index (χ0) is 15.4. The SMILES string of the molecule is CC(C)C(=O)/C(C#N)=C\c1ccc(-c2ccccc2Cl)s1. The molecule has 4 heteroatoms. The van der Waals surface area contributed by atoms with Gasteiger partial charge >= 0.3 is 0 Å². The number of carbonyl (C=O) groups excluding carboxylic acids is 1. The van der Waals surface area contributed by atoms with Gasteiger partial charge < -0.3 is 0 Å². The molecule has 0 N–H and O–H groups in total. The van der Waals surface area contributed by atoms with Crippen LogP contribution < -0.4 is 0 Å². The molecule has 2 nitrogen and oxygen atoms in total. The van der Waals surface area contributed by atoms with Gasteiger partial charge in [0.15, 0.2) is 5.78 Å². The first-order valence-corrected chi connectivity index (χ1v) is 7.73. The highest BCUT2D eigenvalue weighted by Gasteiger charge is 2.14. The molecule has 0 spiro atoms. The summed E-state index contributed by atoms with van der Waals surface area (Å²) in [5, 5.41) is 9.81. The number of allylic oxidation sites excluding steroid dienone is 1. The number of carbonyl (C=O) groups is 1. The highest BCUT2D eigenvalue weighted by Crippen LogP contribution is 2.34. The lowest BCUT2D eigenvalue weighted by molar-refractivity contribution is -0.117. The average molecular weight is 316 g/mol. The van der Waals surface area contributed by atoms with E-state index >= 15 is 0 Å². The van der Waals surface area contributed by atoms with E-state index in [0.717, 1.165) is 15.3 Å². The third kappa shape index (κ3) is 3.60. The fourth-order valence-electron chi connectivity index (χ4n) is 1.85. The van der Waals surface area contributed by atoms with E-state index in [1.54, 1.807) is 19.9 Å². The highest BCUT2D eigenvalue weighted by molar-refractivity contribution is 7.16. The minimum Gasteiger partial charge on any atom is -0.293 e. The molecular formula is C17H14ClNOS. The molecule has 1 aromatic carbocycles. The number of nitrogens with zero attached hydrogens (tertiary/aromatic N) is 1. The quantitative estimate of drug-likeness (QED) is 0.574. The predicted octanol–water partition coefficient (Wildman–Crippen LogP) is 5.20. The van der Waals surface area contributed by atoms with Crippen LogP contribution in [0.4, 0.5) is 0 Å². The molecule has 0 unspecified atom stereocenters. The van der Waals surface area contributed by atoms with Gasteiger partial charge in [0.25, 0.3) is 0 Å². The first kappa shape index (κ1) is 15.5. The molecule has 0 saturated carbocycles. The van der Waals surface area contributed by atoms with E-state index in [2.05, 4.69) is 0 Å². The van der Waals surface area contributed by atoms with Crippen molar-refractivity contribution >= 4 is 34.8 Å². The van der Waals surface area contributed by atoms with Crippen LogP contribution in [0.1, 0.15) is 18.7 Å². The summed E-state index contributed by atoms with van der Waals surface area (Å²) >= 11 is 7.69. The average Bonchev–Trinajstić information content (AvgIpc) is 2.92. The minimum atomic E-state index is -0.182. The van der Waals surface area contributed by atoms with Crippen LogP contribution >= 0.6 is 22.9 Å². The number of hydrogen-bond acceptors (Lipinski definition) is 3. The Balaban J connectivity index is 2.35. The molecule has 106 valence electrons. The molecule has 21 heavy (non-hydrogen) atoms. The van der Waals surface area contributed by atoms with E-state index in [9.17, 15) is 4.79 Å². The van der Waals surface area contributed by atoms with Crippen molar-refractivity contribution in [1.29, 1.82) is 5.26 Å². The second-order valence-electron chi connectivity index (χ2n) is 4.87. The molecule has 0 amide bonds. The lowest BCUT2D eigenvalue weighted by atomic mass is 10.0. The van der Waals surface area contributed by atoms with Crippen LogP contribution in [0.25, 0.3) is 16.5 Å². The van der Waals surface area contributed by atoms with E-state index in [1.165, 1.54) is 11.3 Å². The Morgan fingerprint density at radius 3 is 2.62 bits per heavy atom. The van der Waals surface area contributed by atoms with Gasteiger partial charge in [-0.25, -0.2) is 0 Å². The van der Waals surface area contributed by atoms with Crippen LogP contribution in [0.5, 0.6) is 0 Å². The maximum Gasteiger partial charge on any atom is 0.175 e. The van der Waals surface area contributed by atoms with Crippen molar-refractivity contribution in [1.82, 2.24) is 0 Å².